The van der Waals surface area contributed by atoms with E-state index in [1.54, 1.807) is 16.7 Å². The Bertz CT molecular complexity index is 1000. The second kappa shape index (κ2) is 7.52. The van der Waals surface area contributed by atoms with Gasteiger partial charge in [0.1, 0.15) is 0 Å². The van der Waals surface area contributed by atoms with Gasteiger partial charge in [-0.05, 0) is 40.6 Å². The number of nitrogens with zero attached hydrogens (tertiary/aromatic N) is 2. The molecule has 0 bridgehead atoms. The molecule has 5 heteroatoms. The van der Waals surface area contributed by atoms with Gasteiger partial charge in [0.2, 0.25) is 0 Å². The smallest absolute Gasteiger partial charge is 0.259 e. The molecule has 0 atom stereocenters. The molecule has 0 unspecified atom stereocenters. The lowest BCUT2D eigenvalue weighted by molar-refractivity contribution is 0.0861. The Kier molecular flexibility index (Phi) is 4.96. The zero-order valence-corrected chi connectivity index (χ0v) is 15.6. The van der Waals surface area contributed by atoms with E-state index < -0.39 is 0 Å². The zero-order chi connectivity index (χ0) is 17.9. The first-order chi connectivity index (χ1) is 12.7. The third kappa shape index (κ3) is 3.62. The van der Waals surface area contributed by atoms with Crippen LogP contribution in [-0.2, 0) is 5.75 Å². The van der Waals surface area contributed by atoms with Crippen LogP contribution in [0.5, 0.6) is 0 Å². The maximum atomic E-state index is 13.0. The van der Waals surface area contributed by atoms with Crippen LogP contribution in [0.1, 0.15) is 15.9 Å². The molecule has 1 aliphatic heterocycles. The van der Waals surface area contributed by atoms with E-state index in [2.05, 4.69) is 4.99 Å². The van der Waals surface area contributed by atoms with Crippen molar-refractivity contribution in [2.45, 2.75) is 5.75 Å². The average Bonchev–Trinajstić information content (AvgIpc) is 3.14. The second-order valence-corrected chi connectivity index (χ2v) is 7.48. The normalized spacial score (nSPS) is 13.9. The summed E-state index contributed by atoms with van der Waals surface area (Å²) in [6.45, 7) is 1.28. The molecule has 0 fully saturated rings. The number of amides is 1. The van der Waals surface area contributed by atoms with Gasteiger partial charge in [-0.2, -0.15) is 0 Å². The van der Waals surface area contributed by atoms with Crippen LogP contribution >= 0.6 is 23.4 Å². The predicted molar refractivity (Wildman–Crippen MR) is 110 cm³/mol. The monoisotopic (exact) mass is 380 g/mol. The van der Waals surface area contributed by atoms with Crippen molar-refractivity contribution in [2.24, 2.45) is 4.99 Å². The summed E-state index contributed by atoms with van der Waals surface area (Å²) in [6, 6.07) is 21.7. The molecule has 0 aromatic heterocycles. The molecule has 0 saturated heterocycles. The molecule has 130 valence electrons. The third-order valence-electron chi connectivity index (χ3n) is 4.30. The molecule has 3 aromatic rings. The molecule has 3 aromatic carbocycles. The highest BCUT2D eigenvalue weighted by Gasteiger charge is 2.25. The number of amidine groups is 1. The fraction of sp³-hybridized carbons (Fsp3) is 0.143. The first-order valence-corrected chi connectivity index (χ1v) is 9.79. The average molecular weight is 381 g/mol. The molecule has 0 aliphatic carbocycles. The minimum absolute atomic E-state index is 0.00518. The van der Waals surface area contributed by atoms with E-state index in [4.69, 9.17) is 11.6 Å². The summed E-state index contributed by atoms with van der Waals surface area (Å²) < 4.78 is 0. The number of halogens is 1. The summed E-state index contributed by atoms with van der Waals surface area (Å²) in [5.41, 5.74) is 1.82. The van der Waals surface area contributed by atoms with Gasteiger partial charge in [0.05, 0.1) is 6.54 Å². The van der Waals surface area contributed by atoms with Gasteiger partial charge in [0.15, 0.2) is 5.17 Å². The number of rotatable bonds is 3. The minimum atomic E-state index is 0.00518. The summed E-state index contributed by atoms with van der Waals surface area (Å²) in [7, 11) is 0. The molecule has 0 spiro atoms. The van der Waals surface area contributed by atoms with Crippen molar-refractivity contribution in [3.05, 3.63) is 82.9 Å². The van der Waals surface area contributed by atoms with Crippen molar-refractivity contribution < 1.29 is 4.79 Å². The highest BCUT2D eigenvalue weighted by atomic mass is 35.5. The van der Waals surface area contributed by atoms with Crippen LogP contribution in [0.25, 0.3) is 10.8 Å². The topological polar surface area (TPSA) is 32.7 Å². The van der Waals surface area contributed by atoms with E-state index in [0.29, 0.717) is 18.7 Å². The largest absolute Gasteiger partial charge is 0.286 e. The Labute approximate surface area is 161 Å². The van der Waals surface area contributed by atoms with E-state index in [1.165, 1.54) is 0 Å². The van der Waals surface area contributed by atoms with Gasteiger partial charge in [-0.1, -0.05) is 65.8 Å². The van der Waals surface area contributed by atoms with Crippen LogP contribution in [0.4, 0.5) is 0 Å². The highest BCUT2D eigenvalue weighted by molar-refractivity contribution is 8.13. The second-order valence-electron chi connectivity index (χ2n) is 6.10. The molecule has 1 amide bonds. The maximum Gasteiger partial charge on any atom is 0.259 e. The van der Waals surface area contributed by atoms with Crippen LogP contribution in [0.15, 0.2) is 71.7 Å². The lowest BCUT2D eigenvalue weighted by Crippen LogP contribution is -2.32. The highest BCUT2D eigenvalue weighted by Crippen LogP contribution is 2.24. The van der Waals surface area contributed by atoms with Gasteiger partial charge in [-0.15, -0.1) is 0 Å². The Hall–Kier alpha value is -2.30. The summed E-state index contributed by atoms with van der Waals surface area (Å²) in [5.74, 6) is 0.742. The summed E-state index contributed by atoms with van der Waals surface area (Å²) in [6.07, 6.45) is 0. The van der Waals surface area contributed by atoms with Gasteiger partial charge < -0.3 is 0 Å². The molecule has 26 heavy (non-hydrogen) atoms. The van der Waals surface area contributed by atoms with Crippen molar-refractivity contribution in [2.75, 3.05) is 13.1 Å². The van der Waals surface area contributed by atoms with Crippen LogP contribution in [-0.4, -0.2) is 29.1 Å². The number of carbonyl (C=O) groups excluding carboxylic acids is 1. The number of hydrogen-bond acceptors (Lipinski definition) is 3. The standard InChI is InChI=1S/C21H17ClN2OS/c22-19-7-3-4-15(12-19)14-26-21-23-10-11-24(21)20(25)18-9-8-16-5-1-2-6-17(16)13-18/h1-9,12-13H,10-11,14H2. The molecule has 0 saturated carbocycles. The maximum absolute atomic E-state index is 13.0. The Morgan fingerprint density at radius 2 is 1.88 bits per heavy atom. The van der Waals surface area contributed by atoms with Gasteiger partial charge >= 0.3 is 0 Å². The molecular formula is C21H17ClN2OS. The third-order valence-corrected chi connectivity index (χ3v) is 5.62. The predicted octanol–water partition coefficient (Wildman–Crippen LogP) is 5.24. The molecule has 3 nitrogen and oxygen atoms in total. The molecule has 0 radical (unpaired) electrons. The number of fused-ring (bicyclic) bond motifs is 1. The molecular weight excluding hydrogens is 364 g/mol. The van der Waals surface area contributed by atoms with E-state index in [1.807, 2.05) is 66.7 Å². The van der Waals surface area contributed by atoms with Crippen LogP contribution in [0.2, 0.25) is 5.02 Å². The summed E-state index contributed by atoms with van der Waals surface area (Å²) in [5, 5.41) is 3.71. The van der Waals surface area contributed by atoms with Crippen LogP contribution < -0.4 is 0 Å². The Morgan fingerprint density at radius 1 is 1.04 bits per heavy atom. The van der Waals surface area contributed by atoms with Crippen molar-refractivity contribution in [3.63, 3.8) is 0 Å². The first kappa shape index (κ1) is 17.1. The Morgan fingerprint density at radius 3 is 2.73 bits per heavy atom. The van der Waals surface area contributed by atoms with Crippen LogP contribution in [0.3, 0.4) is 0 Å². The molecule has 1 aliphatic rings. The van der Waals surface area contributed by atoms with Gasteiger partial charge in [0, 0.05) is 22.9 Å². The molecule has 1 heterocycles. The first-order valence-electron chi connectivity index (χ1n) is 8.43. The fourth-order valence-corrected chi connectivity index (χ4v) is 4.19. The fourth-order valence-electron chi connectivity index (χ4n) is 2.99. The number of carbonyl (C=O) groups is 1. The molecule has 4 rings (SSSR count). The lowest BCUT2D eigenvalue weighted by Gasteiger charge is -2.18. The minimum Gasteiger partial charge on any atom is -0.286 e. The van der Waals surface area contributed by atoms with E-state index in [0.717, 1.165) is 32.3 Å². The van der Waals surface area contributed by atoms with Crippen molar-refractivity contribution in [1.29, 1.82) is 0 Å². The number of aliphatic imine (C=N–C) groups is 1. The van der Waals surface area contributed by atoms with Gasteiger partial charge in [-0.3, -0.25) is 14.7 Å². The lowest BCUT2D eigenvalue weighted by atomic mass is 10.1. The molecule has 0 N–H and O–H groups in total. The van der Waals surface area contributed by atoms with Crippen LogP contribution in [0, 0.1) is 0 Å². The van der Waals surface area contributed by atoms with Crippen molar-refractivity contribution in [3.8, 4) is 0 Å². The van der Waals surface area contributed by atoms with Crippen molar-refractivity contribution in [1.82, 2.24) is 4.90 Å². The summed E-state index contributed by atoms with van der Waals surface area (Å²) >= 11 is 7.62. The van der Waals surface area contributed by atoms with E-state index in [-0.39, 0.29) is 5.91 Å². The number of benzene rings is 3. The quantitative estimate of drug-likeness (QED) is 0.622. The number of thioether (sulfide) groups is 1. The van der Waals surface area contributed by atoms with Gasteiger partial charge in [0.25, 0.3) is 5.91 Å². The Balaban J connectivity index is 1.50. The van der Waals surface area contributed by atoms with E-state index in [9.17, 15) is 4.79 Å². The zero-order valence-electron chi connectivity index (χ0n) is 14.1. The van der Waals surface area contributed by atoms with Crippen molar-refractivity contribution >= 4 is 45.2 Å². The van der Waals surface area contributed by atoms with E-state index >= 15 is 0 Å². The SMILES string of the molecule is O=C(c1ccc2ccccc2c1)N1CCN=C1SCc1cccc(Cl)c1. The number of hydrogen-bond donors (Lipinski definition) is 0. The summed E-state index contributed by atoms with van der Waals surface area (Å²) in [4.78, 5) is 19.3. The van der Waals surface area contributed by atoms with Gasteiger partial charge in [-0.25, -0.2) is 0 Å².